The summed E-state index contributed by atoms with van der Waals surface area (Å²) in [5.74, 6) is -1.21. The minimum absolute atomic E-state index is 0.158. The molecule has 0 saturated carbocycles. The van der Waals surface area contributed by atoms with Gasteiger partial charge < -0.3 is 31.3 Å². The van der Waals surface area contributed by atoms with Gasteiger partial charge in [-0.1, -0.05) is 13.8 Å². The van der Waals surface area contributed by atoms with Crippen LogP contribution in [0.1, 0.15) is 38.7 Å². The van der Waals surface area contributed by atoms with E-state index in [1.165, 1.54) is 11.3 Å². The average molecular weight is 425 g/mol. The van der Waals surface area contributed by atoms with Gasteiger partial charge in [-0.05, 0) is 47.6 Å². The summed E-state index contributed by atoms with van der Waals surface area (Å²) in [4.78, 5) is 25.1. The highest BCUT2D eigenvalue weighted by Crippen LogP contribution is 2.09. The van der Waals surface area contributed by atoms with Gasteiger partial charge in [-0.2, -0.15) is 11.3 Å². The molecule has 1 aromatic heterocycles. The molecule has 0 saturated heterocycles. The van der Waals surface area contributed by atoms with Gasteiger partial charge in [0, 0.05) is 13.6 Å². The van der Waals surface area contributed by atoms with Crippen LogP contribution in [0.3, 0.4) is 0 Å². The van der Waals surface area contributed by atoms with E-state index in [9.17, 15) is 19.6 Å². The summed E-state index contributed by atoms with van der Waals surface area (Å²) in [6.07, 6.45) is 1.46. The van der Waals surface area contributed by atoms with E-state index in [2.05, 4.69) is 21.3 Å². The number of rotatable bonds is 12. The van der Waals surface area contributed by atoms with Crippen LogP contribution in [0.4, 0.5) is 0 Å². The smallest absolute Gasteiger partial charge is 0.426 e. The van der Waals surface area contributed by atoms with Crippen molar-refractivity contribution >= 4 is 36.2 Å². The molecule has 0 aliphatic rings. The average Bonchev–Trinajstić information content (AvgIpc) is 3.15. The zero-order valence-electron chi connectivity index (χ0n) is 17.2. The second kappa shape index (κ2) is 13.2. The lowest BCUT2D eigenvalue weighted by molar-refractivity contribution is -0.129. The topological polar surface area (TPSA) is 147 Å². The summed E-state index contributed by atoms with van der Waals surface area (Å²) in [6.45, 7) is 4.30. The molecule has 162 valence electrons. The lowest BCUT2D eigenvalue weighted by Crippen LogP contribution is -2.54. The summed E-state index contributed by atoms with van der Waals surface area (Å²) in [7, 11) is -0.0491. The number of carbonyl (C=O) groups is 2. The quantitative estimate of drug-likeness (QED) is 0.107. The third kappa shape index (κ3) is 10.3. The number of guanidine groups is 1. The molecular formula is C18H32BN5O4S. The third-order valence-corrected chi connectivity index (χ3v) is 4.96. The van der Waals surface area contributed by atoms with Gasteiger partial charge in [0.2, 0.25) is 11.8 Å². The van der Waals surface area contributed by atoms with E-state index in [-0.39, 0.29) is 24.2 Å². The molecule has 2 amide bonds. The second-order valence-electron chi connectivity index (χ2n) is 7.28. The Morgan fingerprint density at radius 3 is 2.55 bits per heavy atom. The Morgan fingerprint density at radius 1 is 1.28 bits per heavy atom. The molecule has 11 heteroatoms. The first-order valence-electron chi connectivity index (χ1n) is 9.70. The molecule has 0 fully saturated rings. The molecule has 1 heterocycles. The van der Waals surface area contributed by atoms with E-state index in [1.807, 2.05) is 30.7 Å². The van der Waals surface area contributed by atoms with Gasteiger partial charge in [0.25, 0.3) is 0 Å². The maximum atomic E-state index is 12.7. The SMILES string of the molecule is CNC(=N)NCCC[C@H](NC(=O)Cc1ccsc1)C(=O)N[C@@H](CC(C)C)B(O)O. The van der Waals surface area contributed by atoms with E-state index in [4.69, 9.17) is 5.41 Å². The monoisotopic (exact) mass is 425 g/mol. The molecule has 0 radical (unpaired) electrons. The lowest BCUT2D eigenvalue weighted by Gasteiger charge is -2.24. The van der Waals surface area contributed by atoms with Crippen molar-refractivity contribution < 1.29 is 19.6 Å². The Hall–Kier alpha value is -2.11. The fourth-order valence-corrected chi connectivity index (χ4v) is 3.42. The van der Waals surface area contributed by atoms with Crippen LogP contribution in [0.15, 0.2) is 16.8 Å². The van der Waals surface area contributed by atoms with Gasteiger partial charge in [-0.25, -0.2) is 0 Å². The maximum Gasteiger partial charge on any atom is 0.475 e. The Morgan fingerprint density at radius 2 is 2.00 bits per heavy atom. The predicted molar refractivity (Wildman–Crippen MR) is 116 cm³/mol. The van der Waals surface area contributed by atoms with Crippen LogP contribution in [0.2, 0.25) is 0 Å². The standard InChI is InChI=1S/C18H32BN5O4S/c1-12(2)9-15(19(27)28)24-17(26)14(5-4-7-22-18(20)21-3)23-16(25)10-13-6-8-29-11-13/h6,8,11-12,14-15,27-28H,4-5,7,9-10H2,1-3H3,(H,23,25)(H,24,26)(H3,20,21,22)/t14-,15-/m0/s1. The zero-order valence-corrected chi connectivity index (χ0v) is 18.0. The Labute approximate surface area is 176 Å². The zero-order chi connectivity index (χ0) is 21.8. The number of hydrogen-bond donors (Lipinski definition) is 7. The Kier molecular flexibility index (Phi) is 11.3. The van der Waals surface area contributed by atoms with Crippen molar-refractivity contribution in [1.82, 2.24) is 21.3 Å². The normalized spacial score (nSPS) is 12.8. The van der Waals surface area contributed by atoms with E-state index in [1.54, 1.807) is 7.05 Å². The van der Waals surface area contributed by atoms with Crippen molar-refractivity contribution in [3.8, 4) is 0 Å². The molecule has 7 N–H and O–H groups in total. The summed E-state index contributed by atoms with van der Waals surface area (Å²) < 4.78 is 0. The van der Waals surface area contributed by atoms with Crippen molar-refractivity contribution in [3.05, 3.63) is 22.4 Å². The molecule has 0 aromatic carbocycles. The second-order valence-corrected chi connectivity index (χ2v) is 8.06. The van der Waals surface area contributed by atoms with Crippen molar-refractivity contribution in [2.45, 2.75) is 51.5 Å². The van der Waals surface area contributed by atoms with Crippen molar-refractivity contribution in [2.24, 2.45) is 5.92 Å². The van der Waals surface area contributed by atoms with Crippen LogP contribution in [-0.4, -0.2) is 60.5 Å². The van der Waals surface area contributed by atoms with E-state index in [0.717, 1.165) is 5.56 Å². The minimum Gasteiger partial charge on any atom is -0.426 e. The van der Waals surface area contributed by atoms with Crippen molar-refractivity contribution in [2.75, 3.05) is 13.6 Å². The molecule has 0 bridgehead atoms. The lowest BCUT2D eigenvalue weighted by atomic mass is 9.75. The molecule has 0 spiro atoms. The first kappa shape index (κ1) is 24.9. The van der Waals surface area contributed by atoms with Crippen LogP contribution >= 0.6 is 11.3 Å². The largest absolute Gasteiger partial charge is 0.475 e. The molecule has 0 unspecified atom stereocenters. The number of hydrogen-bond acceptors (Lipinski definition) is 6. The summed E-state index contributed by atoms with van der Waals surface area (Å²) >= 11 is 1.50. The van der Waals surface area contributed by atoms with Crippen molar-refractivity contribution in [3.63, 3.8) is 0 Å². The van der Waals surface area contributed by atoms with Crippen LogP contribution in [0, 0.1) is 11.3 Å². The summed E-state index contributed by atoms with van der Waals surface area (Å²) in [5, 5.41) is 41.3. The third-order valence-electron chi connectivity index (χ3n) is 4.23. The summed E-state index contributed by atoms with van der Waals surface area (Å²) in [5.41, 5.74) is 0.874. The fraction of sp³-hybridized carbons (Fsp3) is 0.611. The van der Waals surface area contributed by atoms with E-state index in [0.29, 0.717) is 25.8 Å². The van der Waals surface area contributed by atoms with Crippen LogP contribution in [0.25, 0.3) is 0 Å². The fourth-order valence-electron chi connectivity index (χ4n) is 2.75. The molecule has 29 heavy (non-hydrogen) atoms. The van der Waals surface area contributed by atoms with Gasteiger partial charge in [-0.3, -0.25) is 15.0 Å². The number of nitrogens with one attached hydrogen (secondary N) is 5. The number of amides is 2. The molecule has 1 rings (SSSR count). The van der Waals surface area contributed by atoms with Crippen LogP contribution in [0.5, 0.6) is 0 Å². The first-order valence-corrected chi connectivity index (χ1v) is 10.6. The Balaban J connectivity index is 2.71. The van der Waals surface area contributed by atoms with E-state index < -0.39 is 25.0 Å². The maximum absolute atomic E-state index is 12.7. The van der Waals surface area contributed by atoms with Gasteiger partial charge in [0.05, 0.1) is 12.4 Å². The molecule has 1 aromatic rings. The predicted octanol–water partition coefficient (Wildman–Crippen LogP) is -0.158. The molecule has 0 aliphatic heterocycles. The van der Waals surface area contributed by atoms with E-state index >= 15 is 0 Å². The van der Waals surface area contributed by atoms with Crippen LogP contribution < -0.4 is 21.3 Å². The molecular weight excluding hydrogens is 393 g/mol. The first-order chi connectivity index (χ1) is 13.7. The molecule has 0 aliphatic carbocycles. The number of carbonyl (C=O) groups excluding carboxylic acids is 2. The highest BCUT2D eigenvalue weighted by molar-refractivity contribution is 7.08. The Bertz CT molecular complexity index is 642. The molecule has 9 nitrogen and oxygen atoms in total. The highest BCUT2D eigenvalue weighted by atomic mass is 32.1. The minimum atomic E-state index is -1.68. The van der Waals surface area contributed by atoms with Crippen LogP contribution in [-0.2, 0) is 16.0 Å². The van der Waals surface area contributed by atoms with Gasteiger partial charge in [-0.15, -0.1) is 0 Å². The molecule has 2 atom stereocenters. The van der Waals surface area contributed by atoms with Gasteiger partial charge >= 0.3 is 7.12 Å². The van der Waals surface area contributed by atoms with Gasteiger partial charge in [0.15, 0.2) is 5.96 Å². The number of thiophene rings is 1. The van der Waals surface area contributed by atoms with Crippen molar-refractivity contribution in [1.29, 1.82) is 5.41 Å². The van der Waals surface area contributed by atoms with Gasteiger partial charge in [0.1, 0.15) is 6.04 Å². The summed E-state index contributed by atoms with van der Waals surface area (Å²) in [6, 6.07) is 1.05. The highest BCUT2D eigenvalue weighted by Gasteiger charge is 2.29.